The van der Waals surface area contributed by atoms with E-state index < -0.39 is 5.09 Å². The molecule has 0 saturated heterocycles. The molecule has 29 heavy (non-hydrogen) atoms. The number of hydrogen-bond acceptors (Lipinski definition) is 7. The van der Waals surface area contributed by atoms with Crippen molar-refractivity contribution in [2.45, 2.75) is 38.1 Å². The summed E-state index contributed by atoms with van der Waals surface area (Å²) in [6, 6.07) is 16.1. The third-order valence-electron chi connectivity index (χ3n) is 4.09. The average molecular weight is 463 g/mol. The van der Waals surface area contributed by atoms with Crippen molar-refractivity contribution in [2.75, 3.05) is 0 Å². The number of nitrogens with one attached hydrogen (secondary N) is 1. The van der Waals surface area contributed by atoms with E-state index in [-0.39, 0.29) is 17.1 Å². The van der Waals surface area contributed by atoms with E-state index in [0.29, 0.717) is 11.2 Å². The van der Waals surface area contributed by atoms with Gasteiger partial charge in [-0.2, -0.15) is 5.10 Å². The summed E-state index contributed by atoms with van der Waals surface area (Å²) in [5, 5.41) is 19.7. The van der Waals surface area contributed by atoms with E-state index >= 15 is 0 Å². The largest absolute Gasteiger partial charge is 2.00 e. The van der Waals surface area contributed by atoms with Crippen molar-refractivity contribution in [3.63, 3.8) is 0 Å². The molecule has 0 aliphatic heterocycles. The first-order valence-corrected chi connectivity index (χ1v) is 9.34. The van der Waals surface area contributed by atoms with Crippen molar-refractivity contribution in [1.82, 2.24) is 10.4 Å². The van der Waals surface area contributed by atoms with Gasteiger partial charge in [-0.1, -0.05) is 55.7 Å². The summed E-state index contributed by atoms with van der Waals surface area (Å²) in [5.74, 6) is 0. The molecular weight excluding hydrogens is 442 g/mol. The second kappa shape index (κ2) is 13.6. The molecule has 1 aliphatic carbocycles. The fourth-order valence-electron chi connectivity index (χ4n) is 2.88. The fraction of sp³-hybridized carbons (Fsp3) is 0.316. The second-order valence-corrected chi connectivity index (χ2v) is 6.49. The van der Waals surface area contributed by atoms with E-state index in [1.54, 1.807) is 6.20 Å². The third-order valence-corrected chi connectivity index (χ3v) is 4.29. The number of rotatable bonds is 4. The Hall–Kier alpha value is -2.55. The molecule has 1 heterocycles. The Morgan fingerprint density at radius 3 is 2.28 bits per heavy atom. The van der Waals surface area contributed by atoms with E-state index in [0.717, 1.165) is 29.8 Å². The van der Waals surface area contributed by atoms with Crippen LogP contribution in [0.4, 0.5) is 0 Å². The number of amidine groups is 1. The van der Waals surface area contributed by atoms with Crippen LogP contribution < -0.4 is 5.43 Å². The first kappa shape index (κ1) is 24.5. The van der Waals surface area contributed by atoms with Crippen molar-refractivity contribution in [1.29, 1.82) is 0 Å². The van der Waals surface area contributed by atoms with Crippen LogP contribution in [0.1, 0.15) is 43.4 Å². The third kappa shape index (κ3) is 9.47. The van der Waals surface area contributed by atoms with Crippen LogP contribution >= 0.6 is 0 Å². The monoisotopic (exact) mass is 462 g/mol. The summed E-state index contributed by atoms with van der Waals surface area (Å²) in [7, 11) is 0. The van der Waals surface area contributed by atoms with Crippen LogP contribution in [-0.2, 0) is 29.7 Å². The van der Waals surface area contributed by atoms with Crippen molar-refractivity contribution in [3.05, 3.63) is 81.3 Å². The molecule has 8 nitrogen and oxygen atoms in total. The Bertz CT molecular complexity index is 755. The minimum atomic E-state index is -1.75. The maximum atomic E-state index is 8.25. The van der Waals surface area contributed by atoms with Crippen molar-refractivity contribution in [2.24, 2.45) is 10.1 Å². The molecule has 1 aromatic carbocycles. The van der Waals surface area contributed by atoms with Crippen LogP contribution in [0.15, 0.2) is 64.8 Å². The van der Waals surface area contributed by atoms with Gasteiger partial charge in [0.05, 0.1) is 10.8 Å². The van der Waals surface area contributed by atoms with E-state index in [2.05, 4.69) is 20.5 Å². The number of aromatic nitrogens is 1. The topological polar surface area (TPSA) is 116 Å². The molecule has 10 heteroatoms. The number of aliphatic imine (C=N–C) groups is 1. The SMILES string of the molecule is O=[N+]([O-])[O-].[Cu+2].[S-]C(=NC1CCCCC1)N/N=C(/c1ccccc1)c1ccccn1. The fourth-order valence-corrected chi connectivity index (χ4v) is 3.07. The molecule has 1 fully saturated rings. The van der Waals surface area contributed by atoms with Gasteiger partial charge in [-0.3, -0.25) is 15.4 Å². The van der Waals surface area contributed by atoms with Crippen molar-refractivity contribution in [3.8, 4) is 0 Å². The number of hydrazone groups is 1. The van der Waals surface area contributed by atoms with Crippen LogP contribution in [0.5, 0.6) is 0 Å². The molecule has 1 radical (unpaired) electrons. The smallest absolute Gasteiger partial charge is 0.741 e. The maximum Gasteiger partial charge on any atom is 2.00 e. The molecule has 0 amide bonds. The summed E-state index contributed by atoms with van der Waals surface area (Å²) < 4.78 is 0. The van der Waals surface area contributed by atoms with Gasteiger partial charge >= 0.3 is 17.1 Å². The van der Waals surface area contributed by atoms with Crippen LogP contribution in [-0.4, -0.2) is 27.0 Å². The zero-order valence-electron chi connectivity index (χ0n) is 15.5. The van der Waals surface area contributed by atoms with Crippen LogP contribution in [0.25, 0.3) is 0 Å². The number of benzene rings is 1. The van der Waals surface area contributed by atoms with Crippen LogP contribution in [0, 0.1) is 15.3 Å². The summed E-state index contributed by atoms with van der Waals surface area (Å²) in [6.07, 6.45) is 7.79. The van der Waals surface area contributed by atoms with Gasteiger partial charge in [-0.25, -0.2) is 0 Å². The molecule has 1 aromatic heterocycles. The van der Waals surface area contributed by atoms with E-state index in [1.807, 2.05) is 48.5 Å². The Labute approximate surface area is 185 Å². The second-order valence-electron chi connectivity index (χ2n) is 6.10. The molecule has 0 atom stereocenters. The molecule has 0 spiro atoms. The normalized spacial score (nSPS) is 14.8. The summed E-state index contributed by atoms with van der Waals surface area (Å²) in [6.45, 7) is 0. The molecule has 0 unspecified atom stereocenters. The van der Waals surface area contributed by atoms with Gasteiger partial charge in [0.15, 0.2) is 0 Å². The molecule has 2 aromatic rings. The standard InChI is InChI=1S/C19H22N4S.Cu.NO3/c24-19(21-16-11-5-2-6-12-16)23-22-18(15-9-3-1-4-10-15)17-13-7-8-14-20-17;;2-1(3)4/h1,3-4,7-10,13-14,16H,2,5-6,11-12H2,(H2,21,23,24);;/q;+2;-1/p-1/b22-18-;;. The van der Waals surface area contributed by atoms with Crippen molar-refractivity contribution < 1.29 is 22.2 Å². The summed E-state index contributed by atoms with van der Waals surface area (Å²) in [5.41, 5.74) is 5.49. The van der Waals surface area contributed by atoms with Gasteiger partial charge in [-0.05, 0) is 30.1 Å². The number of nitrogens with zero attached hydrogens (tertiary/aromatic N) is 4. The Kier molecular flexibility index (Phi) is 11.5. The maximum absolute atomic E-state index is 8.25. The zero-order valence-corrected chi connectivity index (χ0v) is 17.3. The zero-order chi connectivity index (χ0) is 20.2. The number of hydrogen-bond donors (Lipinski definition) is 1. The summed E-state index contributed by atoms with van der Waals surface area (Å²) in [4.78, 5) is 17.2. The van der Waals surface area contributed by atoms with Gasteiger partial charge < -0.3 is 28.0 Å². The predicted octanol–water partition coefficient (Wildman–Crippen LogP) is 3.42. The first-order chi connectivity index (χ1) is 13.6. The van der Waals surface area contributed by atoms with E-state index in [4.69, 9.17) is 28.0 Å². The molecule has 1 saturated carbocycles. The van der Waals surface area contributed by atoms with Gasteiger partial charge in [0.25, 0.3) is 0 Å². The summed E-state index contributed by atoms with van der Waals surface area (Å²) >= 11 is 5.35. The van der Waals surface area contributed by atoms with Gasteiger partial charge in [0.2, 0.25) is 0 Å². The van der Waals surface area contributed by atoms with Crippen LogP contribution in [0.3, 0.4) is 0 Å². The van der Waals surface area contributed by atoms with Gasteiger partial charge in [0.1, 0.15) is 5.71 Å². The quantitative estimate of drug-likeness (QED) is 0.186. The molecule has 157 valence electrons. The molecule has 1 aliphatic rings. The molecule has 0 bridgehead atoms. The Morgan fingerprint density at radius 1 is 1.07 bits per heavy atom. The first-order valence-electron chi connectivity index (χ1n) is 8.93. The van der Waals surface area contributed by atoms with Crippen molar-refractivity contribution >= 4 is 23.5 Å². The Balaban J connectivity index is 0.000000771. The van der Waals surface area contributed by atoms with Gasteiger partial charge in [-0.15, -0.1) is 0 Å². The molecule has 3 rings (SSSR count). The molecule has 1 N–H and O–H groups in total. The minimum Gasteiger partial charge on any atom is -0.741 e. The number of pyridine rings is 1. The van der Waals surface area contributed by atoms with Crippen LogP contribution in [0.2, 0.25) is 0 Å². The minimum absolute atomic E-state index is 0. The molecular formula is C19H21CuN5O3S. The Morgan fingerprint density at radius 2 is 1.69 bits per heavy atom. The van der Waals surface area contributed by atoms with E-state index in [9.17, 15) is 0 Å². The van der Waals surface area contributed by atoms with E-state index in [1.165, 1.54) is 19.3 Å². The predicted molar refractivity (Wildman–Crippen MR) is 111 cm³/mol. The van der Waals surface area contributed by atoms with Gasteiger partial charge in [0, 0.05) is 17.8 Å². The average Bonchev–Trinajstić information content (AvgIpc) is 2.70.